The first kappa shape index (κ1) is 14.2. The number of aliphatic carboxylic acids is 1. The van der Waals surface area contributed by atoms with Gasteiger partial charge < -0.3 is 10.2 Å². The van der Waals surface area contributed by atoms with Gasteiger partial charge in [0.05, 0.1) is 0 Å². The summed E-state index contributed by atoms with van der Waals surface area (Å²) in [5.74, 6) is -1.60. The number of nitrogens with zero attached hydrogens (tertiary/aromatic N) is 1. The van der Waals surface area contributed by atoms with Crippen LogP contribution in [-0.4, -0.2) is 17.0 Å². The summed E-state index contributed by atoms with van der Waals surface area (Å²) in [7, 11) is 0. The molecule has 0 aliphatic carbocycles. The number of carbonyl (C=O) groups is 1. The van der Waals surface area contributed by atoms with Gasteiger partial charge in [0.1, 0.15) is 0 Å². The average Bonchev–Trinajstić information content (AvgIpc) is 2.15. The van der Waals surface area contributed by atoms with Crippen molar-refractivity contribution < 1.29 is 44.6 Å². The number of carboxylic acid groups (broad SMARTS) is 1. The Morgan fingerprint density at radius 3 is 2.33 bits per heavy atom. The molecule has 0 saturated carbocycles. The van der Waals surface area contributed by atoms with Crippen LogP contribution in [0, 0.1) is 0 Å². The van der Waals surface area contributed by atoms with E-state index < -0.39 is 17.9 Å². The number of carboxylic acids is 1. The van der Waals surface area contributed by atoms with Gasteiger partial charge in [0, 0.05) is 0 Å². The SMILES string of the molecule is CC([O-])=N[C@@H](C(=O)O)c1ccccc1.[Na+]. The molecule has 0 unspecified atom stereocenters. The molecule has 0 aliphatic rings. The molecule has 1 rings (SSSR count). The van der Waals surface area contributed by atoms with E-state index in [0.29, 0.717) is 5.56 Å². The van der Waals surface area contributed by atoms with Crippen molar-refractivity contribution in [1.29, 1.82) is 0 Å². The van der Waals surface area contributed by atoms with E-state index in [9.17, 15) is 9.90 Å². The molecule has 0 amide bonds. The Hall–Kier alpha value is -0.840. The zero-order chi connectivity index (χ0) is 10.6. The zero-order valence-corrected chi connectivity index (χ0v) is 10.7. The first-order chi connectivity index (χ1) is 6.61. The maximum absolute atomic E-state index is 10.8. The second-order valence-electron chi connectivity index (χ2n) is 2.80. The molecule has 0 fully saturated rings. The summed E-state index contributed by atoms with van der Waals surface area (Å²) < 4.78 is 0. The first-order valence-electron chi connectivity index (χ1n) is 4.10. The molecule has 1 aromatic rings. The molecule has 1 atom stereocenters. The summed E-state index contributed by atoms with van der Waals surface area (Å²) in [5, 5.41) is 19.5. The van der Waals surface area contributed by atoms with Gasteiger partial charge in [-0.05, 0) is 18.4 Å². The molecule has 4 nitrogen and oxygen atoms in total. The van der Waals surface area contributed by atoms with Gasteiger partial charge in [0.25, 0.3) is 0 Å². The summed E-state index contributed by atoms with van der Waals surface area (Å²) in [6, 6.07) is 7.36. The average molecular weight is 215 g/mol. The van der Waals surface area contributed by atoms with E-state index in [1.165, 1.54) is 6.92 Å². The van der Waals surface area contributed by atoms with Gasteiger partial charge in [-0.15, -0.1) is 0 Å². The molecule has 0 saturated heterocycles. The largest absolute Gasteiger partial charge is 1.00 e. The minimum absolute atomic E-state index is 0. The Labute approximate surface area is 110 Å². The second kappa shape index (κ2) is 6.61. The van der Waals surface area contributed by atoms with E-state index in [0.717, 1.165) is 0 Å². The summed E-state index contributed by atoms with van der Waals surface area (Å²) in [5.41, 5.74) is 0.509. The molecule has 0 spiro atoms. The number of hydrogen-bond acceptors (Lipinski definition) is 3. The maximum atomic E-state index is 10.8. The summed E-state index contributed by atoms with van der Waals surface area (Å²) >= 11 is 0. The zero-order valence-electron chi connectivity index (χ0n) is 8.68. The monoisotopic (exact) mass is 215 g/mol. The van der Waals surface area contributed by atoms with Crippen molar-refractivity contribution >= 4 is 11.9 Å². The molecular formula is C10H10NNaO3. The number of aliphatic imine (C=N–C) groups is 1. The van der Waals surface area contributed by atoms with Gasteiger partial charge >= 0.3 is 35.5 Å². The smallest absolute Gasteiger partial charge is 0.862 e. The van der Waals surface area contributed by atoms with Crippen LogP contribution in [0.2, 0.25) is 0 Å². The van der Waals surface area contributed by atoms with E-state index in [2.05, 4.69) is 4.99 Å². The number of rotatable bonds is 3. The topological polar surface area (TPSA) is 72.7 Å². The molecule has 0 aliphatic heterocycles. The molecule has 0 aromatic heterocycles. The van der Waals surface area contributed by atoms with Crippen molar-refractivity contribution in [3.63, 3.8) is 0 Å². The summed E-state index contributed by atoms with van der Waals surface area (Å²) in [6.45, 7) is 1.23. The van der Waals surface area contributed by atoms with Crippen LogP contribution < -0.4 is 34.7 Å². The van der Waals surface area contributed by atoms with Gasteiger partial charge in [-0.3, -0.25) is 4.99 Å². The first-order valence-corrected chi connectivity index (χ1v) is 4.10. The van der Waals surface area contributed by atoms with Crippen molar-refractivity contribution in [3.05, 3.63) is 35.9 Å². The molecular weight excluding hydrogens is 205 g/mol. The van der Waals surface area contributed by atoms with Crippen molar-refractivity contribution in [3.8, 4) is 0 Å². The Morgan fingerprint density at radius 2 is 1.93 bits per heavy atom. The van der Waals surface area contributed by atoms with Gasteiger partial charge in [0.15, 0.2) is 6.04 Å². The summed E-state index contributed by atoms with van der Waals surface area (Å²) in [4.78, 5) is 14.3. The minimum Gasteiger partial charge on any atom is -0.862 e. The predicted octanol–water partition coefficient (Wildman–Crippen LogP) is -2.40. The standard InChI is InChI=1S/C10H11NO3.Na/c1-7(12)11-9(10(13)14)8-5-3-2-4-6-8;/h2-6,9H,1H3,(H,11,12)(H,13,14);/q;+1/p-1/t9-;/m1./s1. The molecule has 0 heterocycles. The van der Waals surface area contributed by atoms with Crippen LogP contribution in [-0.2, 0) is 4.79 Å². The van der Waals surface area contributed by atoms with Crippen molar-refractivity contribution in [2.24, 2.45) is 4.99 Å². The number of benzene rings is 1. The van der Waals surface area contributed by atoms with E-state index in [-0.39, 0.29) is 29.6 Å². The van der Waals surface area contributed by atoms with Crippen molar-refractivity contribution in [2.45, 2.75) is 13.0 Å². The van der Waals surface area contributed by atoms with Crippen LogP contribution >= 0.6 is 0 Å². The molecule has 74 valence electrons. The molecule has 5 heteroatoms. The van der Waals surface area contributed by atoms with E-state index in [1.807, 2.05) is 0 Å². The van der Waals surface area contributed by atoms with Crippen molar-refractivity contribution in [1.82, 2.24) is 0 Å². The van der Waals surface area contributed by atoms with Crippen LogP contribution in [0.15, 0.2) is 35.3 Å². The van der Waals surface area contributed by atoms with Gasteiger partial charge in [-0.25, -0.2) is 4.79 Å². The quantitative estimate of drug-likeness (QED) is 0.347. The fourth-order valence-corrected chi connectivity index (χ4v) is 1.09. The van der Waals surface area contributed by atoms with Crippen LogP contribution in [0.3, 0.4) is 0 Å². The Kier molecular flexibility index (Phi) is 6.24. The molecule has 0 radical (unpaired) electrons. The second-order valence-corrected chi connectivity index (χ2v) is 2.80. The van der Waals surface area contributed by atoms with Gasteiger partial charge in [-0.1, -0.05) is 30.3 Å². The predicted molar refractivity (Wildman–Crippen MR) is 49.9 cm³/mol. The van der Waals surface area contributed by atoms with Gasteiger partial charge in [0.2, 0.25) is 0 Å². The Morgan fingerprint density at radius 1 is 1.40 bits per heavy atom. The Bertz CT molecular complexity index is 347. The third-order valence-corrected chi connectivity index (χ3v) is 1.66. The molecule has 1 aromatic carbocycles. The van der Waals surface area contributed by atoms with Crippen LogP contribution in [0.5, 0.6) is 0 Å². The fraction of sp³-hybridized carbons (Fsp3) is 0.200. The van der Waals surface area contributed by atoms with Gasteiger partial charge in [-0.2, -0.15) is 0 Å². The normalized spacial score (nSPS) is 12.7. The molecule has 15 heavy (non-hydrogen) atoms. The van der Waals surface area contributed by atoms with E-state index in [4.69, 9.17) is 5.11 Å². The third-order valence-electron chi connectivity index (χ3n) is 1.66. The third kappa shape index (κ3) is 4.46. The summed E-state index contributed by atoms with van der Waals surface area (Å²) in [6.07, 6.45) is 0. The van der Waals surface area contributed by atoms with Crippen molar-refractivity contribution in [2.75, 3.05) is 0 Å². The molecule has 0 bridgehead atoms. The van der Waals surface area contributed by atoms with Crippen LogP contribution in [0.4, 0.5) is 0 Å². The fourth-order valence-electron chi connectivity index (χ4n) is 1.09. The Balaban J connectivity index is 0.00000196. The van der Waals surface area contributed by atoms with E-state index in [1.54, 1.807) is 30.3 Å². The maximum Gasteiger partial charge on any atom is 1.00 e. The van der Waals surface area contributed by atoms with E-state index >= 15 is 0 Å². The van der Waals surface area contributed by atoms with Crippen LogP contribution in [0.25, 0.3) is 0 Å². The minimum atomic E-state index is -1.12. The number of hydrogen-bond donors (Lipinski definition) is 1. The van der Waals surface area contributed by atoms with Crippen LogP contribution in [0.1, 0.15) is 18.5 Å². The molecule has 1 N–H and O–H groups in total.